The largest absolute Gasteiger partial charge is 0.382 e. The molecule has 0 aliphatic rings. The van der Waals surface area contributed by atoms with E-state index in [1.54, 1.807) is 7.11 Å². The summed E-state index contributed by atoms with van der Waals surface area (Å²) >= 11 is 0. The van der Waals surface area contributed by atoms with Crippen LogP contribution in [0.4, 0.5) is 0 Å². The molecule has 88 valence electrons. The Labute approximate surface area is 92.8 Å². The van der Waals surface area contributed by atoms with Gasteiger partial charge < -0.3 is 9.47 Å². The van der Waals surface area contributed by atoms with E-state index in [9.17, 15) is 0 Å². The molecular weight excluding hydrogens is 192 g/mol. The monoisotopic (exact) mass is 214 g/mol. The van der Waals surface area contributed by atoms with Gasteiger partial charge in [0.05, 0.1) is 25.9 Å². The molecule has 0 aromatic carbocycles. The Kier molecular flexibility index (Phi) is 9.49. The Balaban J connectivity index is 3.53. The van der Waals surface area contributed by atoms with Crippen molar-refractivity contribution in [3.8, 4) is 6.07 Å². The molecule has 15 heavy (non-hydrogen) atoms. The van der Waals surface area contributed by atoms with Gasteiger partial charge in [-0.2, -0.15) is 5.26 Å². The predicted molar refractivity (Wildman–Crippen MR) is 59.6 cm³/mol. The Morgan fingerprint density at radius 3 is 2.47 bits per heavy atom. The molecule has 0 heterocycles. The third-order valence-electron chi connectivity index (χ3n) is 2.20. The van der Waals surface area contributed by atoms with Gasteiger partial charge in [-0.15, -0.1) is 0 Å². The fourth-order valence-corrected chi connectivity index (χ4v) is 1.25. The van der Waals surface area contributed by atoms with Crippen molar-refractivity contribution in [1.29, 1.82) is 5.26 Å². The minimum atomic E-state index is 0.462. The molecule has 0 fully saturated rings. The van der Waals surface area contributed by atoms with Crippen LogP contribution >= 0.6 is 0 Å². The molecule has 0 radical (unpaired) electrons. The first-order chi connectivity index (χ1) is 7.22. The van der Waals surface area contributed by atoms with Gasteiger partial charge in [-0.05, 0) is 13.8 Å². The van der Waals surface area contributed by atoms with E-state index in [0.29, 0.717) is 32.3 Å². The van der Waals surface area contributed by atoms with Crippen LogP contribution in [-0.4, -0.2) is 51.0 Å². The van der Waals surface area contributed by atoms with E-state index in [1.807, 2.05) is 0 Å². The zero-order chi connectivity index (χ0) is 11.5. The Morgan fingerprint density at radius 1 is 1.20 bits per heavy atom. The van der Waals surface area contributed by atoms with Gasteiger partial charge in [0.15, 0.2) is 0 Å². The minimum absolute atomic E-state index is 0.462. The van der Waals surface area contributed by atoms with Crippen LogP contribution in [0.2, 0.25) is 0 Å². The van der Waals surface area contributed by atoms with Crippen molar-refractivity contribution in [2.75, 3.05) is 40.0 Å². The van der Waals surface area contributed by atoms with E-state index in [4.69, 9.17) is 14.7 Å². The van der Waals surface area contributed by atoms with Crippen molar-refractivity contribution in [2.45, 2.75) is 26.3 Å². The fourth-order valence-electron chi connectivity index (χ4n) is 1.25. The Hall–Kier alpha value is -0.630. The second-order valence-corrected chi connectivity index (χ2v) is 3.64. The third kappa shape index (κ3) is 8.37. The van der Waals surface area contributed by atoms with Gasteiger partial charge in [-0.1, -0.05) is 0 Å². The molecule has 0 N–H and O–H groups in total. The summed E-state index contributed by atoms with van der Waals surface area (Å²) < 4.78 is 10.3. The maximum absolute atomic E-state index is 8.51. The van der Waals surface area contributed by atoms with Gasteiger partial charge >= 0.3 is 0 Å². The first-order valence-electron chi connectivity index (χ1n) is 5.40. The summed E-state index contributed by atoms with van der Waals surface area (Å²) in [6, 6.07) is 2.62. The van der Waals surface area contributed by atoms with Crippen molar-refractivity contribution in [3.05, 3.63) is 0 Å². The average Bonchev–Trinajstić information content (AvgIpc) is 2.21. The summed E-state index contributed by atoms with van der Waals surface area (Å²) in [6.45, 7) is 7.94. The Morgan fingerprint density at radius 2 is 1.93 bits per heavy atom. The highest BCUT2D eigenvalue weighted by Crippen LogP contribution is 1.99. The molecule has 0 bridgehead atoms. The van der Waals surface area contributed by atoms with Crippen molar-refractivity contribution in [1.82, 2.24) is 4.90 Å². The van der Waals surface area contributed by atoms with Gasteiger partial charge in [0, 0.05) is 32.7 Å². The molecule has 0 aromatic rings. The Bertz CT molecular complexity index is 178. The van der Waals surface area contributed by atoms with E-state index in [2.05, 4.69) is 24.8 Å². The SMILES string of the molecule is COCCOCCN(CCC#N)C(C)C. The average molecular weight is 214 g/mol. The second-order valence-electron chi connectivity index (χ2n) is 3.64. The number of nitriles is 1. The summed E-state index contributed by atoms with van der Waals surface area (Å²) in [5.74, 6) is 0. The summed E-state index contributed by atoms with van der Waals surface area (Å²) in [5.41, 5.74) is 0. The lowest BCUT2D eigenvalue weighted by Gasteiger charge is -2.25. The highest BCUT2D eigenvalue weighted by Gasteiger charge is 2.07. The standard InChI is InChI=1S/C11H22N2O2/c1-11(2)13(6-4-5-12)7-8-15-10-9-14-3/h11H,4,6-10H2,1-3H3. The molecule has 0 saturated heterocycles. The van der Waals surface area contributed by atoms with Crippen LogP contribution in [-0.2, 0) is 9.47 Å². The lowest BCUT2D eigenvalue weighted by Crippen LogP contribution is -2.34. The molecule has 0 rings (SSSR count). The zero-order valence-electron chi connectivity index (χ0n) is 10.0. The second kappa shape index (κ2) is 9.91. The molecule has 0 aliphatic heterocycles. The number of hydrogen-bond acceptors (Lipinski definition) is 4. The van der Waals surface area contributed by atoms with E-state index in [1.165, 1.54) is 0 Å². The third-order valence-corrected chi connectivity index (χ3v) is 2.20. The van der Waals surface area contributed by atoms with Crippen LogP contribution in [0, 0.1) is 11.3 Å². The van der Waals surface area contributed by atoms with Crippen LogP contribution in [0.15, 0.2) is 0 Å². The molecular formula is C11H22N2O2. The molecule has 0 aromatic heterocycles. The lowest BCUT2D eigenvalue weighted by molar-refractivity contribution is 0.0526. The maximum Gasteiger partial charge on any atom is 0.0700 e. The van der Waals surface area contributed by atoms with Crippen molar-refractivity contribution < 1.29 is 9.47 Å². The van der Waals surface area contributed by atoms with Gasteiger partial charge in [-0.25, -0.2) is 0 Å². The van der Waals surface area contributed by atoms with E-state index >= 15 is 0 Å². The van der Waals surface area contributed by atoms with Gasteiger partial charge in [0.1, 0.15) is 0 Å². The summed E-state index contributed by atoms with van der Waals surface area (Å²) in [4.78, 5) is 2.25. The number of hydrogen-bond donors (Lipinski definition) is 0. The molecule has 0 amide bonds. The summed E-state index contributed by atoms with van der Waals surface area (Å²) in [6.07, 6.45) is 0.580. The number of nitrogens with zero attached hydrogens (tertiary/aromatic N) is 2. The fraction of sp³-hybridized carbons (Fsp3) is 0.909. The van der Waals surface area contributed by atoms with Gasteiger partial charge in [0.25, 0.3) is 0 Å². The van der Waals surface area contributed by atoms with Crippen LogP contribution < -0.4 is 0 Å². The maximum atomic E-state index is 8.51. The molecule has 4 nitrogen and oxygen atoms in total. The van der Waals surface area contributed by atoms with E-state index in [0.717, 1.165) is 13.1 Å². The zero-order valence-corrected chi connectivity index (χ0v) is 10.0. The number of ether oxygens (including phenoxy) is 2. The van der Waals surface area contributed by atoms with Crippen LogP contribution in [0.1, 0.15) is 20.3 Å². The topological polar surface area (TPSA) is 45.5 Å². The quantitative estimate of drug-likeness (QED) is 0.542. The van der Waals surface area contributed by atoms with Crippen molar-refractivity contribution >= 4 is 0 Å². The summed E-state index contributed by atoms with van der Waals surface area (Å²) in [7, 11) is 1.66. The molecule has 0 spiro atoms. The van der Waals surface area contributed by atoms with Crippen molar-refractivity contribution in [2.24, 2.45) is 0 Å². The van der Waals surface area contributed by atoms with E-state index < -0.39 is 0 Å². The summed E-state index contributed by atoms with van der Waals surface area (Å²) in [5, 5.41) is 8.51. The molecule has 0 unspecified atom stereocenters. The van der Waals surface area contributed by atoms with Crippen LogP contribution in [0.3, 0.4) is 0 Å². The molecule has 0 atom stereocenters. The lowest BCUT2D eigenvalue weighted by atomic mass is 10.3. The van der Waals surface area contributed by atoms with Crippen LogP contribution in [0.25, 0.3) is 0 Å². The number of methoxy groups -OCH3 is 1. The molecule has 4 heteroatoms. The first-order valence-corrected chi connectivity index (χ1v) is 5.40. The van der Waals surface area contributed by atoms with Crippen molar-refractivity contribution in [3.63, 3.8) is 0 Å². The van der Waals surface area contributed by atoms with E-state index in [-0.39, 0.29) is 0 Å². The normalized spacial score (nSPS) is 10.9. The minimum Gasteiger partial charge on any atom is -0.382 e. The predicted octanol–water partition coefficient (Wildman–Crippen LogP) is 1.27. The van der Waals surface area contributed by atoms with Crippen LogP contribution in [0.5, 0.6) is 0 Å². The highest BCUT2D eigenvalue weighted by molar-refractivity contribution is 4.73. The molecule has 0 saturated carbocycles. The first kappa shape index (κ1) is 14.4. The molecule has 0 aliphatic carbocycles. The number of rotatable bonds is 9. The smallest absolute Gasteiger partial charge is 0.0700 e. The highest BCUT2D eigenvalue weighted by atomic mass is 16.5. The van der Waals surface area contributed by atoms with Gasteiger partial charge in [-0.3, -0.25) is 4.90 Å². The van der Waals surface area contributed by atoms with Gasteiger partial charge in [0.2, 0.25) is 0 Å².